The van der Waals surface area contributed by atoms with E-state index in [0.717, 1.165) is 5.22 Å². The standard InChI is InChI=1S/C26H29N3O5.CH3F/c1-4-34-18-7-5-6-17(14-18)25(30)24-20-15-23(32-3)22(31-2)9-8-19(20)21(16-28-24)26(27)29-10-12-33-13-11-29;1-2/h5-8,14-16,27H,4,9-13H2,1-3H3;1H3. The molecule has 36 heavy (non-hydrogen) atoms. The van der Waals surface area contributed by atoms with Crippen LogP contribution < -0.4 is 15.2 Å². The number of carbonyl (C=O) groups is 1. The van der Waals surface area contributed by atoms with Crippen LogP contribution in [0.2, 0.25) is 0 Å². The van der Waals surface area contributed by atoms with Crippen molar-refractivity contribution in [1.29, 1.82) is 5.41 Å². The van der Waals surface area contributed by atoms with Crippen molar-refractivity contribution in [3.05, 3.63) is 69.2 Å². The van der Waals surface area contributed by atoms with Crippen molar-refractivity contribution in [2.45, 2.75) is 13.3 Å². The molecule has 0 saturated carbocycles. The van der Waals surface area contributed by atoms with Crippen LogP contribution in [-0.4, -0.2) is 75.8 Å². The maximum atomic E-state index is 13.6. The number of methoxy groups -OCH3 is 2. The first kappa shape index (κ1) is 26.9. The number of rotatable bonds is 7. The van der Waals surface area contributed by atoms with Crippen LogP contribution in [0.15, 0.2) is 42.0 Å². The molecule has 0 atom stereocenters. The maximum absolute atomic E-state index is 13.6. The van der Waals surface area contributed by atoms with Crippen LogP contribution in [0.25, 0.3) is 12.2 Å². The highest BCUT2D eigenvalue weighted by molar-refractivity contribution is 6.08. The zero-order valence-electron chi connectivity index (χ0n) is 21.1. The van der Waals surface area contributed by atoms with Crippen molar-refractivity contribution in [2.24, 2.45) is 0 Å². The van der Waals surface area contributed by atoms with Gasteiger partial charge in [0.15, 0.2) is 5.76 Å². The lowest BCUT2D eigenvalue weighted by Gasteiger charge is -2.29. The van der Waals surface area contributed by atoms with Crippen LogP contribution in [0.1, 0.15) is 35.0 Å². The number of nitrogens with zero attached hydrogens (tertiary/aromatic N) is 2. The molecule has 1 saturated heterocycles. The molecule has 2 aliphatic rings. The van der Waals surface area contributed by atoms with Crippen LogP contribution in [-0.2, 0) is 14.2 Å². The van der Waals surface area contributed by atoms with Crippen molar-refractivity contribution in [3.8, 4) is 5.75 Å². The quantitative estimate of drug-likeness (QED) is 0.357. The van der Waals surface area contributed by atoms with Crippen molar-refractivity contribution in [2.75, 3.05) is 54.3 Å². The fraction of sp³-hybridized carbons (Fsp3) is 0.370. The molecule has 1 N–H and O–H groups in total. The maximum Gasteiger partial charge on any atom is 0.212 e. The normalized spacial score (nSPS) is 14.8. The number of allylic oxidation sites excluding steroid dienone is 2. The minimum absolute atomic E-state index is 0.233. The largest absolute Gasteiger partial charge is 0.497 e. The van der Waals surface area contributed by atoms with E-state index in [-0.39, 0.29) is 11.5 Å². The highest BCUT2D eigenvalue weighted by Crippen LogP contribution is 2.18. The van der Waals surface area contributed by atoms with Gasteiger partial charge in [0.2, 0.25) is 5.78 Å². The number of ketones is 1. The van der Waals surface area contributed by atoms with Gasteiger partial charge in [-0.05, 0) is 30.4 Å². The number of nitrogens with one attached hydrogen (secondary N) is 1. The lowest BCUT2D eigenvalue weighted by molar-refractivity contribution is 0.0679. The Bertz CT molecular complexity index is 1250. The first-order chi connectivity index (χ1) is 17.6. The van der Waals surface area contributed by atoms with Crippen molar-refractivity contribution >= 4 is 23.8 Å². The van der Waals surface area contributed by atoms with Gasteiger partial charge in [-0.2, -0.15) is 0 Å². The summed E-state index contributed by atoms with van der Waals surface area (Å²) in [5.41, 5.74) is 1.41. The molecule has 0 radical (unpaired) electrons. The summed E-state index contributed by atoms with van der Waals surface area (Å²) in [5, 5.41) is 10.2. The molecule has 2 aromatic rings. The number of hydrogen-bond donors (Lipinski definition) is 1. The molecule has 4 rings (SSSR count). The minimum Gasteiger partial charge on any atom is -0.497 e. The second-order valence-corrected chi connectivity index (χ2v) is 7.83. The van der Waals surface area contributed by atoms with E-state index in [4.69, 9.17) is 24.4 Å². The van der Waals surface area contributed by atoms with E-state index in [1.165, 1.54) is 0 Å². The Kier molecular flexibility index (Phi) is 9.58. The molecule has 1 aromatic carbocycles. The van der Waals surface area contributed by atoms with Gasteiger partial charge in [-0.3, -0.25) is 19.6 Å². The van der Waals surface area contributed by atoms with Crippen LogP contribution in [0.4, 0.5) is 4.39 Å². The molecule has 8 nitrogen and oxygen atoms in total. The van der Waals surface area contributed by atoms with Crippen molar-refractivity contribution < 1.29 is 28.1 Å². The molecule has 0 unspecified atom stereocenters. The average molecular weight is 498 g/mol. The van der Waals surface area contributed by atoms with E-state index in [1.807, 2.05) is 24.0 Å². The molecular weight excluding hydrogens is 465 g/mol. The number of hydrogen-bond acceptors (Lipinski definition) is 7. The molecule has 0 amide bonds. The summed E-state index contributed by atoms with van der Waals surface area (Å²) in [7, 11) is 3.65. The average Bonchev–Trinajstić information content (AvgIpc) is 3.13. The zero-order valence-corrected chi connectivity index (χ0v) is 21.1. The van der Waals surface area contributed by atoms with Crippen LogP contribution in [0.5, 0.6) is 5.75 Å². The Hall–Kier alpha value is -3.72. The van der Waals surface area contributed by atoms with Gasteiger partial charge in [0, 0.05) is 42.1 Å². The number of carbonyl (C=O) groups excluding carboxylic acids is 1. The van der Waals surface area contributed by atoms with Gasteiger partial charge in [0.25, 0.3) is 0 Å². The van der Waals surface area contributed by atoms with E-state index < -0.39 is 0 Å². The summed E-state index contributed by atoms with van der Waals surface area (Å²) < 4.78 is 31.6. The number of amidine groups is 1. The number of fused-ring (bicyclic) bond motifs is 1. The molecule has 1 aromatic heterocycles. The van der Waals surface area contributed by atoms with Crippen LogP contribution in [0, 0.1) is 5.41 Å². The van der Waals surface area contributed by atoms with Gasteiger partial charge < -0.3 is 23.8 Å². The summed E-state index contributed by atoms with van der Waals surface area (Å²) in [6.45, 7) is 4.82. The number of pyridine rings is 1. The predicted octanol–water partition coefficient (Wildman–Crippen LogP) is 2.42. The lowest BCUT2D eigenvalue weighted by atomic mass is 10.0. The van der Waals surface area contributed by atoms with E-state index in [0.29, 0.717) is 86.0 Å². The third-order valence-electron chi connectivity index (χ3n) is 5.87. The molecule has 9 heteroatoms. The summed E-state index contributed by atoms with van der Waals surface area (Å²) >= 11 is 0. The molecule has 1 fully saturated rings. The van der Waals surface area contributed by atoms with Crippen LogP contribution >= 0.6 is 0 Å². The first-order valence-electron chi connectivity index (χ1n) is 11.7. The second-order valence-electron chi connectivity index (χ2n) is 7.83. The molecule has 1 aliphatic carbocycles. The number of morpholine rings is 1. The summed E-state index contributed by atoms with van der Waals surface area (Å²) in [6.07, 6.45) is 5.82. The Balaban J connectivity index is 0.00000176. The smallest absolute Gasteiger partial charge is 0.212 e. The Labute approximate surface area is 210 Å². The van der Waals surface area contributed by atoms with Crippen molar-refractivity contribution in [1.82, 2.24) is 9.88 Å². The monoisotopic (exact) mass is 497 g/mol. The fourth-order valence-corrected chi connectivity index (χ4v) is 4.13. The lowest BCUT2D eigenvalue weighted by Crippen LogP contribution is -2.45. The number of alkyl halides is 1. The minimum atomic E-state index is -0.233. The van der Waals surface area contributed by atoms with Gasteiger partial charge in [0.1, 0.15) is 23.0 Å². The topological polar surface area (TPSA) is 94.0 Å². The van der Waals surface area contributed by atoms with Gasteiger partial charge in [0.05, 0.1) is 41.2 Å². The highest BCUT2D eigenvalue weighted by atomic mass is 19.1. The van der Waals surface area contributed by atoms with E-state index in [9.17, 15) is 9.18 Å². The number of halogens is 1. The molecule has 0 spiro atoms. The van der Waals surface area contributed by atoms with Crippen LogP contribution in [0.3, 0.4) is 0 Å². The number of ether oxygens (including phenoxy) is 4. The Morgan fingerprint density at radius 3 is 2.58 bits per heavy atom. The first-order valence-corrected chi connectivity index (χ1v) is 11.7. The highest BCUT2D eigenvalue weighted by Gasteiger charge is 2.22. The molecule has 0 bridgehead atoms. The second kappa shape index (κ2) is 12.8. The fourth-order valence-electron chi connectivity index (χ4n) is 4.13. The SMILES string of the molecule is CCOc1cccc(C(=O)c2ncc(C(=N)N3CCOCC3)c3c2=CC(OC)=C(OC)CC=3)c1.CF. The predicted molar refractivity (Wildman–Crippen MR) is 135 cm³/mol. The third-order valence-corrected chi connectivity index (χ3v) is 5.87. The Morgan fingerprint density at radius 1 is 1.17 bits per heavy atom. The van der Waals surface area contributed by atoms with Gasteiger partial charge in [-0.15, -0.1) is 0 Å². The van der Waals surface area contributed by atoms with Gasteiger partial charge >= 0.3 is 0 Å². The Morgan fingerprint density at radius 2 is 1.92 bits per heavy atom. The summed E-state index contributed by atoms with van der Waals surface area (Å²) in [6, 6.07) is 7.07. The molecule has 192 valence electrons. The number of benzene rings is 1. The van der Waals surface area contributed by atoms with Gasteiger partial charge in [-0.25, -0.2) is 0 Å². The molecule has 1 aliphatic heterocycles. The van der Waals surface area contributed by atoms with Gasteiger partial charge in [-0.1, -0.05) is 18.2 Å². The molecular formula is C27H32FN3O5. The third kappa shape index (κ3) is 5.73. The van der Waals surface area contributed by atoms with E-state index in [2.05, 4.69) is 4.98 Å². The number of aromatic nitrogens is 1. The summed E-state index contributed by atoms with van der Waals surface area (Å²) in [5.74, 6) is 1.91. The summed E-state index contributed by atoms with van der Waals surface area (Å²) in [4.78, 5) is 20.1. The molecule has 2 heterocycles. The van der Waals surface area contributed by atoms with E-state index in [1.54, 1.807) is 44.7 Å². The van der Waals surface area contributed by atoms with E-state index >= 15 is 0 Å². The zero-order chi connectivity index (χ0) is 26.1. The van der Waals surface area contributed by atoms with Crippen molar-refractivity contribution in [3.63, 3.8) is 0 Å².